The Morgan fingerprint density at radius 3 is 2.36 bits per heavy atom. The molecule has 0 spiro atoms. The van der Waals surface area contributed by atoms with Gasteiger partial charge in [-0.1, -0.05) is 0 Å². The van der Waals surface area contributed by atoms with Crippen LogP contribution in [-0.4, -0.2) is 21.0 Å². The second-order valence-electron chi connectivity index (χ2n) is 2.26. The van der Waals surface area contributed by atoms with Crippen molar-refractivity contribution in [3.63, 3.8) is 0 Å². The van der Waals surface area contributed by atoms with Crippen LogP contribution in [-0.2, 0) is 10.8 Å². The van der Waals surface area contributed by atoms with Crippen molar-refractivity contribution in [2.75, 3.05) is 0 Å². The molecule has 7 heteroatoms. The summed E-state index contributed by atoms with van der Waals surface area (Å²) >= 11 is 0. The van der Waals surface area contributed by atoms with E-state index < -0.39 is 21.3 Å². The van der Waals surface area contributed by atoms with Crippen LogP contribution < -0.4 is 0 Å². The lowest BCUT2D eigenvalue weighted by Crippen LogP contribution is -2.17. The maximum atomic E-state index is 11.9. The first-order valence-electron chi connectivity index (χ1n) is 3.35. The fourth-order valence-electron chi connectivity index (χ4n) is 0.690. The number of carbonyl (C=O) groups excluding carboxylic acids is 1. The summed E-state index contributed by atoms with van der Waals surface area (Å²) in [6.45, 7) is 0. The average Bonchev–Trinajstić information content (AvgIpc) is 2.15. The van der Waals surface area contributed by atoms with E-state index in [-0.39, 0.29) is 5.56 Å². The molecule has 1 heterocycles. The van der Waals surface area contributed by atoms with Gasteiger partial charge in [0.1, 0.15) is 5.03 Å². The highest BCUT2D eigenvalue weighted by atomic mass is 32.2. The molecule has 0 fully saturated rings. The van der Waals surface area contributed by atoms with Crippen LogP contribution in [0, 0.1) is 0 Å². The SMILES string of the molecule is O=Cc1ccc(S(=O)C(F)(F)F)nc1. The molecule has 0 aliphatic heterocycles. The van der Waals surface area contributed by atoms with E-state index in [0.29, 0.717) is 6.29 Å². The standard InChI is InChI=1S/C7H4F3NO2S/c8-7(9,10)14(13)6-2-1-5(4-12)3-11-6/h1-4H. The normalized spacial score (nSPS) is 13.6. The Bertz CT molecular complexity index is 360. The van der Waals surface area contributed by atoms with Crippen molar-refractivity contribution in [2.24, 2.45) is 0 Å². The molecule has 0 N–H and O–H groups in total. The van der Waals surface area contributed by atoms with Crippen molar-refractivity contribution in [2.45, 2.75) is 10.5 Å². The average molecular weight is 223 g/mol. The smallest absolute Gasteiger partial charge is 0.298 e. The molecular weight excluding hydrogens is 219 g/mol. The van der Waals surface area contributed by atoms with Gasteiger partial charge in [0.15, 0.2) is 17.1 Å². The van der Waals surface area contributed by atoms with Gasteiger partial charge in [-0.05, 0) is 12.1 Å². The highest BCUT2D eigenvalue weighted by molar-refractivity contribution is 7.85. The van der Waals surface area contributed by atoms with Crippen molar-refractivity contribution < 1.29 is 22.2 Å². The number of pyridine rings is 1. The summed E-state index contributed by atoms with van der Waals surface area (Å²) < 4.78 is 46.4. The van der Waals surface area contributed by atoms with Crippen LogP contribution >= 0.6 is 0 Å². The van der Waals surface area contributed by atoms with Crippen molar-refractivity contribution in [3.05, 3.63) is 23.9 Å². The lowest BCUT2D eigenvalue weighted by molar-refractivity contribution is -0.0386. The fraction of sp³-hybridized carbons (Fsp3) is 0.143. The minimum Gasteiger partial charge on any atom is -0.298 e. The van der Waals surface area contributed by atoms with Gasteiger partial charge >= 0.3 is 5.51 Å². The monoisotopic (exact) mass is 223 g/mol. The van der Waals surface area contributed by atoms with E-state index in [4.69, 9.17) is 0 Å². The zero-order valence-corrected chi connectivity index (χ0v) is 7.43. The molecule has 1 aromatic heterocycles. The number of carbonyl (C=O) groups is 1. The molecular formula is C7H4F3NO2S. The maximum Gasteiger partial charge on any atom is 0.477 e. The van der Waals surface area contributed by atoms with Gasteiger partial charge < -0.3 is 0 Å². The molecule has 0 aliphatic rings. The van der Waals surface area contributed by atoms with Gasteiger partial charge in [0, 0.05) is 11.8 Å². The summed E-state index contributed by atoms with van der Waals surface area (Å²) in [6.07, 6.45) is 1.37. The first-order chi connectivity index (χ1) is 6.45. The molecule has 0 amide bonds. The summed E-state index contributed by atoms with van der Waals surface area (Å²) in [7, 11) is -3.14. The molecule has 0 bridgehead atoms. The van der Waals surface area contributed by atoms with Gasteiger partial charge in [-0.2, -0.15) is 13.2 Å². The van der Waals surface area contributed by atoms with E-state index in [2.05, 4.69) is 4.98 Å². The lowest BCUT2D eigenvalue weighted by Gasteiger charge is -2.04. The Morgan fingerprint density at radius 1 is 1.36 bits per heavy atom. The predicted octanol–water partition coefficient (Wildman–Crippen LogP) is 1.52. The Labute approximate surface area is 79.4 Å². The number of hydrogen-bond acceptors (Lipinski definition) is 3. The fourth-order valence-corrected chi connectivity index (χ4v) is 1.27. The second kappa shape index (κ2) is 3.87. The van der Waals surface area contributed by atoms with Crippen LogP contribution in [0.1, 0.15) is 10.4 Å². The molecule has 1 aromatic rings. The Balaban J connectivity index is 2.98. The van der Waals surface area contributed by atoms with E-state index in [1.54, 1.807) is 0 Å². The van der Waals surface area contributed by atoms with Crippen LogP contribution in [0.5, 0.6) is 0 Å². The minimum absolute atomic E-state index is 0.132. The quantitative estimate of drug-likeness (QED) is 0.714. The molecule has 0 saturated carbocycles. The van der Waals surface area contributed by atoms with Crippen molar-refractivity contribution in [1.29, 1.82) is 0 Å². The molecule has 76 valence electrons. The molecule has 0 saturated heterocycles. The number of nitrogens with zero attached hydrogens (tertiary/aromatic N) is 1. The van der Waals surface area contributed by atoms with Gasteiger partial charge in [0.05, 0.1) is 0 Å². The summed E-state index contributed by atoms with van der Waals surface area (Å²) in [5, 5.41) is -0.608. The molecule has 0 aliphatic carbocycles. The topological polar surface area (TPSA) is 47.0 Å². The molecule has 1 unspecified atom stereocenters. The molecule has 0 radical (unpaired) electrons. The zero-order valence-electron chi connectivity index (χ0n) is 6.62. The Hall–Kier alpha value is -1.24. The summed E-state index contributed by atoms with van der Waals surface area (Å²) in [5.41, 5.74) is -4.69. The molecule has 1 atom stereocenters. The van der Waals surface area contributed by atoms with Crippen LogP contribution in [0.3, 0.4) is 0 Å². The third kappa shape index (κ3) is 2.38. The van der Waals surface area contributed by atoms with Crippen LogP contribution in [0.2, 0.25) is 0 Å². The summed E-state index contributed by atoms with van der Waals surface area (Å²) in [4.78, 5) is 13.4. The summed E-state index contributed by atoms with van der Waals surface area (Å²) in [5.74, 6) is 0. The van der Waals surface area contributed by atoms with Gasteiger partial charge in [0.25, 0.3) is 0 Å². The third-order valence-corrected chi connectivity index (χ3v) is 2.34. The largest absolute Gasteiger partial charge is 0.477 e. The zero-order chi connectivity index (χ0) is 10.8. The van der Waals surface area contributed by atoms with E-state index >= 15 is 0 Å². The van der Waals surface area contributed by atoms with E-state index in [0.717, 1.165) is 18.3 Å². The predicted molar refractivity (Wildman–Crippen MR) is 42.1 cm³/mol. The summed E-state index contributed by atoms with van der Waals surface area (Å²) in [6, 6.07) is 2.03. The number of alkyl halides is 3. The van der Waals surface area contributed by atoms with E-state index in [1.165, 1.54) is 0 Å². The highest BCUT2D eigenvalue weighted by Gasteiger charge is 2.38. The molecule has 14 heavy (non-hydrogen) atoms. The minimum atomic E-state index is -4.82. The van der Waals surface area contributed by atoms with E-state index in [1.807, 2.05) is 0 Å². The van der Waals surface area contributed by atoms with Gasteiger partial charge in [-0.25, -0.2) is 9.19 Å². The van der Waals surface area contributed by atoms with Gasteiger partial charge in [-0.15, -0.1) is 0 Å². The second-order valence-corrected chi connectivity index (χ2v) is 3.68. The van der Waals surface area contributed by atoms with Crippen LogP contribution in [0.25, 0.3) is 0 Å². The highest BCUT2D eigenvalue weighted by Crippen LogP contribution is 2.24. The Kier molecular flexibility index (Phi) is 3.00. The maximum absolute atomic E-state index is 11.9. The molecule has 1 rings (SSSR count). The number of hydrogen-bond donors (Lipinski definition) is 0. The number of aldehydes is 1. The first-order valence-corrected chi connectivity index (χ1v) is 4.50. The Morgan fingerprint density at radius 2 is 2.00 bits per heavy atom. The number of rotatable bonds is 2. The van der Waals surface area contributed by atoms with Crippen molar-refractivity contribution in [1.82, 2.24) is 4.98 Å². The third-order valence-electron chi connectivity index (χ3n) is 1.30. The number of halogens is 3. The molecule has 3 nitrogen and oxygen atoms in total. The number of aromatic nitrogens is 1. The van der Waals surface area contributed by atoms with Crippen molar-refractivity contribution >= 4 is 17.1 Å². The van der Waals surface area contributed by atoms with Crippen molar-refractivity contribution in [3.8, 4) is 0 Å². The lowest BCUT2D eigenvalue weighted by atomic mass is 10.3. The van der Waals surface area contributed by atoms with E-state index in [9.17, 15) is 22.2 Å². The van der Waals surface area contributed by atoms with Gasteiger partial charge in [0.2, 0.25) is 0 Å². The van der Waals surface area contributed by atoms with Crippen LogP contribution in [0.15, 0.2) is 23.4 Å². The van der Waals surface area contributed by atoms with Gasteiger partial charge in [-0.3, -0.25) is 4.79 Å². The first kappa shape index (κ1) is 10.8. The molecule has 0 aromatic carbocycles. The van der Waals surface area contributed by atoms with Crippen LogP contribution in [0.4, 0.5) is 13.2 Å².